The Bertz CT molecular complexity index is 380. The van der Waals surface area contributed by atoms with Crippen LogP contribution >= 0.6 is 0 Å². The standard InChI is InChI=1S/C14H22N2O2/c1-4-14(17)13-6-5-12(7-15-13)16-8-11(3)18-9-10(16)2/h5-7,10-11,14,17H,4,8-9H2,1-3H3/t10?,11?,14-/m0/s1. The van der Waals surface area contributed by atoms with Crippen LogP contribution in [0, 0.1) is 0 Å². The van der Waals surface area contributed by atoms with Gasteiger partial charge in [0, 0.05) is 12.6 Å². The molecule has 1 aromatic rings. The first-order valence-electron chi connectivity index (χ1n) is 6.64. The Labute approximate surface area is 109 Å². The van der Waals surface area contributed by atoms with Gasteiger partial charge in [0.25, 0.3) is 0 Å². The molecule has 0 aliphatic carbocycles. The van der Waals surface area contributed by atoms with E-state index in [-0.39, 0.29) is 6.10 Å². The van der Waals surface area contributed by atoms with E-state index < -0.39 is 6.10 Å². The van der Waals surface area contributed by atoms with Gasteiger partial charge in [-0.05, 0) is 32.4 Å². The smallest absolute Gasteiger partial charge is 0.0957 e. The second-order valence-corrected chi connectivity index (χ2v) is 5.01. The maximum Gasteiger partial charge on any atom is 0.0957 e. The minimum absolute atomic E-state index is 0.252. The summed E-state index contributed by atoms with van der Waals surface area (Å²) in [5, 5.41) is 9.73. The van der Waals surface area contributed by atoms with Crippen molar-refractivity contribution in [3.05, 3.63) is 24.0 Å². The summed E-state index contributed by atoms with van der Waals surface area (Å²) in [5.74, 6) is 0. The molecule has 3 atom stereocenters. The molecule has 2 rings (SSSR count). The molecule has 1 aliphatic rings. The molecular weight excluding hydrogens is 228 g/mol. The van der Waals surface area contributed by atoms with Gasteiger partial charge in [-0.2, -0.15) is 0 Å². The molecule has 0 aromatic carbocycles. The predicted octanol–water partition coefficient (Wildman–Crippen LogP) is 2.14. The first kappa shape index (κ1) is 13.3. The number of morpholine rings is 1. The highest BCUT2D eigenvalue weighted by molar-refractivity contribution is 5.46. The van der Waals surface area contributed by atoms with Crippen LogP contribution in [0.4, 0.5) is 5.69 Å². The van der Waals surface area contributed by atoms with Crippen LogP contribution in [0.3, 0.4) is 0 Å². The predicted molar refractivity (Wildman–Crippen MR) is 71.7 cm³/mol. The Morgan fingerprint density at radius 3 is 2.89 bits per heavy atom. The van der Waals surface area contributed by atoms with Gasteiger partial charge in [-0.25, -0.2) is 0 Å². The SMILES string of the molecule is CC[C@H](O)c1ccc(N2CC(C)OCC2C)cn1. The number of rotatable bonds is 3. The minimum Gasteiger partial charge on any atom is -0.387 e. The second kappa shape index (κ2) is 5.67. The van der Waals surface area contributed by atoms with Crippen molar-refractivity contribution in [2.45, 2.75) is 45.4 Å². The fourth-order valence-corrected chi connectivity index (χ4v) is 2.24. The van der Waals surface area contributed by atoms with E-state index in [0.717, 1.165) is 24.5 Å². The molecule has 18 heavy (non-hydrogen) atoms. The van der Waals surface area contributed by atoms with Gasteiger partial charge >= 0.3 is 0 Å². The van der Waals surface area contributed by atoms with Crippen LogP contribution in [0.25, 0.3) is 0 Å². The van der Waals surface area contributed by atoms with Crippen LogP contribution in [0.5, 0.6) is 0 Å². The Morgan fingerprint density at radius 1 is 1.50 bits per heavy atom. The number of anilines is 1. The van der Waals surface area contributed by atoms with E-state index >= 15 is 0 Å². The first-order chi connectivity index (χ1) is 8.61. The molecule has 0 spiro atoms. The van der Waals surface area contributed by atoms with Gasteiger partial charge in [-0.1, -0.05) is 6.92 Å². The summed E-state index contributed by atoms with van der Waals surface area (Å²) < 4.78 is 5.62. The monoisotopic (exact) mass is 250 g/mol. The number of ether oxygens (including phenoxy) is 1. The van der Waals surface area contributed by atoms with Crippen molar-refractivity contribution in [3.63, 3.8) is 0 Å². The Balaban J connectivity index is 2.13. The van der Waals surface area contributed by atoms with Crippen LogP contribution in [0.15, 0.2) is 18.3 Å². The van der Waals surface area contributed by atoms with E-state index in [0.29, 0.717) is 12.5 Å². The highest BCUT2D eigenvalue weighted by Gasteiger charge is 2.23. The third-order valence-corrected chi connectivity index (χ3v) is 3.44. The van der Waals surface area contributed by atoms with Gasteiger partial charge < -0.3 is 14.7 Å². The van der Waals surface area contributed by atoms with E-state index in [1.165, 1.54) is 0 Å². The Morgan fingerprint density at radius 2 is 2.28 bits per heavy atom. The van der Waals surface area contributed by atoms with Crippen LogP contribution < -0.4 is 4.90 Å². The van der Waals surface area contributed by atoms with Crippen molar-refractivity contribution in [1.82, 2.24) is 4.98 Å². The third kappa shape index (κ3) is 2.82. The fourth-order valence-electron chi connectivity index (χ4n) is 2.24. The molecule has 1 aliphatic heterocycles. The topological polar surface area (TPSA) is 45.6 Å². The lowest BCUT2D eigenvalue weighted by Gasteiger charge is -2.38. The highest BCUT2D eigenvalue weighted by atomic mass is 16.5. The molecule has 2 heterocycles. The second-order valence-electron chi connectivity index (χ2n) is 5.01. The fraction of sp³-hybridized carbons (Fsp3) is 0.643. The van der Waals surface area contributed by atoms with E-state index in [1.807, 2.05) is 25.3 Å². The van der Waals surface area contributed by atoms with E-state index in [9.17, 15) is 5.11 Å². The number of hydrogen-bond donors (Lipinski definition) is 1. The van der Waals surface area contributed by atoms with Crippen LogP contribution in [-0.4, -0.2) is 35.4 Å². The molecule has 1 saturated heterocycles. The number of aliphatic hydroxyl groups excluding tert-OH is 1. The molecule has 4 heteroatoms. The van der Waals surface area contributed by atoms with Crippen molar-refractivity contribution < 1.29 is 9.84 Å². The lowest BCUT2D eigenvalue weighted by molar-refractivity contribution is 0.0343. The number of nitrogens with zero attached hydrogens (tertiary/aromatic N) is 2. The summed E-state index contributed by atoms with van der Waals surface area (Å²) in [6.45, 7) is 7.83. The van der Waals surface area contributed by atoms with Gasteiger partial charge in [0.2, 0.25) is 0 Å². The zero-order valence-electron chi connectivity index (χ0n) is 11.3. The molecule has 0 bridgehead atoms. The third-order valence-electron chi connectivity index (χ3n) is 3.44. The van der Waals surface area contributed by atoms with Gasteiger partial charge in [-0.3, -0.25) is 4.98 Å². The highest BCUT2D eigenvalue weighted by Crippen LogP contribution is 2.23. The number of hydrogen-bond acceptors (Lipinski definition) is 4. The lowest BCUT2D eigenvalue weighted by atomic mass is 10.1. The Kier molecular flexibility index (Phi) is 4.19. The average molecular weight is 250 g/mol. The van der Waals surface area contributed by atoms with Crippen molar-refractivity contribution >= 4 is 5.69 Å². The first-order valence-corrected chi connectivity index (χ1v) is 6.64. The van der Waals surface area contributed by atoms with E-state index in [1.54, 1.807) is 0 Å². The van der Waals surface area contributed by atoms with Crippen molar-refractivity contribution in [2.24, 2.45) is 0 Å². The van der Waals surface area contributed by atoms with E-state index in [2.05, 4.69) is 23.7 Å². The molecule has 0 saturated carbocycles. The summed E-state index contributed by atoms with van der Waals surface area (Å²) >= 11 is 0. The average Bonchev–Trinajstić information content (AvgIpc) is 2.41. The molecular formula is C14H22N2O2. The van der Waals surface area contributed by atoms with Crippen molar-refractivity contribution in [3.8, 4) is 0 Å². The summed E-state index contributed by atoms with van der Waals surface area (Å²) in [7, 11) is 0. The van der Waals surface area contributed by atoms with Crippen LogP contribution in [0.1, 0.15) is 39.0 Å². The molecule has 1 aromatic heterocycles. The zero-order chi connectivity index (χ0) is 13.1. The molecule has 4 nitrogen and oxygen atoms in total. The number of pyridine rings is 1. The lowest BCUT2D eigenvalue weighted by Crippen LogP contribution is -2.47. The van der Waals surface area contributed by atoms with Crippen LogP contribution in [0.2, 0.25) is 0 Å². The maximum atomic E-state index is 9.73. The van der Waals surface area contributed by atoms with Crippen LogP contribution in [-0.2, 0) is 4.74 Å². The largest absolute Gasteiger partial charge is 0.387 e. The molecule has 2 unspecified atom stereocenters. The number of aromatic nitrogens is 1. The maximum absolute atomic E-state index is 9.73. The summed E-state index contributed by atoms with van der Waals surface area (Å²) in [6, 6.07) is 4.32. The van der Waals surface area contributed by atoms with E-state index in [4.69, 9.17) is 4.74 Å². The minimum atomic E-state index is -0.458. The van der Waals surface area contributed by atoms with Crippen molar-refractivity contribution in [1.29, 1.82) is 0 Å². The summed E-state index contributed by atoms with van der Waals surface area (Å²) in [5.41, 5.74) is 1.85. The van der Waals surface area contributed by atoms with Gasteiger partial charge in [-0.15, -0.1) is 0 Å². The van der Waals surface area contributed by atoms with Gasteiger partial charge in [0.05, 0.1) is 36.4 Å². The number of aliphatic hydroxyl groups is 1. The quantitative estimate of drug-likeness (QED) is 0.892. The summed E-state index contributed by atoms with van der Waals surface area (Å²) in [4.78, 5) is 6.66. The normalized spacial score (nSPS) is 26.1. The van der Waals surface area contributed by atoms with Gasteiger partial charge in [0.15, 0.2) is 0 Å². The molecule has 100 valence electrons. The molecule has 0 radical (unpaired) electrons. The Hall–Kier alpha value is -1.13. The van der Waals surface area contributed by atoms with Gasteiger partial charge in [0.1, 0.15) is 0 Å². The summed E-state index contributed by atoms with van der Waals surface area (Å²) in [6.07, 6.45) is 2.34. The molecule has 0 amide bonds. The molecule has 1 fully saturated rings. The zero-order valence-corrected chi connectivity index (χ0v) is 11.3. The molecule has 1 N–H and O–H groups in total. The van der Waals surface area contributed by atoms with Crippen molar-refractivity contribution in [2.75, 3.05) is 18.1 Å².